The Bertz CT molecular complexity index is 361. The number of likely N-dealkylation sites (tertiary alicyclic amines) is 1. The van der Waals surface area contributed by atoms with Crippen LogP contribution in [-0.2, 0) is 0 Å². The van der Waals surface area contributed by atoms with E-state index in [9.17, 15) is 5.11 Å². The van der Waals surface area contributed by atoms with E-state index >= 15 is 0 Å². The molecule has 0 aromatic heterocycles. The second-order valence-corrected chi connectivity index (χ2v) is 7.26. The number of rotatable bonds is 8. The fourth-order valence-corrected chi connectivity index (χ4v) is 3.54. The zero-order chi connectivity index (χ0) is 16.5. The van der Waals surface area contributed by atoms with Gasteiger partial charge in [0.1, 0.15) is 0 Å². The minimum absolute atomic E-state index is 0. The SMILES string of the molecule is CCNC(=NCC1(CC)CCC1)NCCCN1CCC(O)CC1.I. The van der Waals surface area contributed by atoms with Gasteiger partial charge in [-0.1, -0.05) is 13.3 Å². The molecule has 1 saturated carbocycles. The summed E-state index contributed by atoms with van der Waals surface area (Å²) in [6.45, 7) is 10.4. The molecule has 0 amide bonds. The normalized spacial score (nSPS) is 21.7. The van der Waals surface area contributed by atoms with Crippen LogP contribution in [0.2, 0.25) is 0 Å². The van der Waals surface area contributed by atoms with Crippen LogP contribution in [0.3, 0.4) is 0 Å². The first-order valence-electron chi connectivity index (χ1n) is 9.60. The van der Waals surface area contributed by atoms with Crippen LogP contribution in [0.4, 0.5) is 0 Å². The first-order chi connectivity index (χ1) is 11.2. The molecule has 142 valence electrons. The number of aliphatic hydroxyl groups excluding tert-OH is 1. The first-order valence-corrected chi connectivity index (χ1v) is 9.60. The van der Waals surface area contributed by atoms with E-state index in [1.54, 1.807) is 0 Å². The maximum absolute atomic E-state index is 9.54. The summed E-state index contributed by atoms with van der Waals surface area (Å²) in [4.78, 5) is 7.28. The number of nitrogens with one attached hydrogen (secondary N) is 2. The molecule has 0 radical (unpaired) electrons. The smallest absolute Gasteiger partial charge is 0.191 e. The monoisotopic (exact) mass is 452 g/mol. The number of aliphatic hydroxyl groups is 1. The molecule has 2 fully saturated rings. The number of piperidine rings is 1. The van der Waals surface area contributed by atoms with Crippen LogP contribution in [0, 0.1) is 5.41 Å². The molecule has 0 spiro atoms. The lowest BCUT2D eigenvalue weighted by Crippen LogP contribution is -2.41. The van der Waals surface area contributed by atoms with E-state index in [0.717, 1.165) is 64.5 Å². The second kappa shape index (κ2) is 11.5. The predicted octanol–water partition coefficient (Wildman–Crippen LogP) is 2.59. The highest BCUT2D eigenvalue weighted by molar-refractivity contribution is 14.0. The summed E-state index contributed by atoms with van der Waals surface area (Å²) in [6.07, 6.45) is 8.20. The van der Waals surface area contributed by atoms with Gasteiger partial charge in [-0.2, -0.15) is 0 Å². The highest BCUT2D eigenvalue weighted by Crippen LogP contribution is 2.43. The highest BCUT2D eigenvalue weighted by atomic mass is 127. The van der Waals surface area contributed by atoms with Crippen LogP contribution in [0.25, 0.3) is 0 Å². The predicted molar refractivity (Wildman–Crippen MR) is 112 cm³/mol. The largest absolute Gasteiger partial charge is 0.393 e. The fraction of sp³-hybridized carbons (Fsp3) is 0.944. The van der Waals surface area contributed by atoms with Crippen LogP contribution in [0.5, 0.6) is 0 Å². The molecule has 0 bridgehead atoms. The topological polar surface area (TPSA) is 59.9 Å². The Morgan fingerprint density at radius 2 is 1.92 bits per heavy atom. The summed E-state index contributed by atoms with van der Waals surface area (Å²) in [5, 5.41) is 16.4. The van der Waals surface area contributed by atoms with Gasteiger partial charge in [0.2, 0.25) is 0 Å². The summed E-state index contributed by atoms with van der Waals surface area (Å²) in [7, 11) is 0. The van der Waals surface area contributed by atoms with Crippen molar-refractivity contribution < 1.29 is 5.11 Å². The molecule has 1 heterocycles. The van der Waals surface area contributed by atoms with Gasteiger partial charge < -0.3 is 20.6 Å². The minimum atomic E-state index is -0.0748. The standard InChI is InChI=1S/C18H36N4O.HI/c1-3-18(9-5-10-18)15-21-17(19-4-2)20-11-6-12-22-13-7-16(23)8-14-22;/h16,23H,3-15H2,1-2H3,(H2,19,20,21);1H. The summed E-state index contributed by atoms with van der Waals surface area (Å²) < 4.78 is 0. The lowest BCUT2D eigenvalue weighted by atomic mass is 9.67. The van der Waals surface area contributed by atoms with E-state index in [2.05, 4.69) is 29.4 Å². The van der Waals surface area contributed by atoms with Crippen molar-refractivity contribution in [3.8, 4) is 0 Å². The molecule has 0 aromatic rings. The van der Waals surface area contributed by atoms with Gasteiger partial charge in [-0.25, -0.2) is 0 Å². The molecule has 1 aliphatic heterocycles. The number of halogens is 1. The van der Waals surface area contributed by atoms with Crippen molar-refractivity contribution in [3.63, 3.8) is 0 Å². The number of hydrogen-bond acceptors (Lipinski definition) is 3. The quantitative estimate of drug-likeness (QED) is 0.229. The Morgan fingerprint density at radius 3 is 2.46 bits per heavy atom. The third-order valence-corrected chi connectivity index (χ3v) is 5.58. The molecule has 6 heteroatoms. The second-order valence-electron chi connectivity index (χ2n) is 7.26. The molecule has 0 aromatic carbocycles. The van der Waals surface area contributed by atoms with E-state index < -0.39 is 0 Å². The maximum atomic E-state index is 9.54. The van der Waals surface area contributed by atoms with Crippen LogP contribution in [0.1, 0.15) is 58.8 Å². The van der Waals surface area contributed by atoms with Gasteiger partial charge in [0, 0.05) is 32.7 Å². The molecule has 0 atom stereocenters. The zero-order valence-corrected chi connectivity index (χ0v) is 17.8. The van der Waals surface area contributed by atoms with Crippen molar-refractivity contribution >= 4 is 29.9 Å². The van der Waals surface area contributed by atoms with E-state index in [0.29, 0.717) is 5.41 Å². The molecule has 24 heavy (non-hydrogen) atoms. The molecule has 5 nitrogen and oxygen atoms in total. The third kappa shape index (κ3) is 7.04. The average Bonchev–Trinajstić information content (AvgIpc) is 2.52. The van der Waals surface area contributed by atoms with Gasteiger partial charge in [-0.15, -0.1) is 24.0 Å². The molecule has 3 N–H and O–H groups in total. The van der Waals surface area contributed by atoms with Crippen molar-refractivity contribution in [3.05, 3.63) is 0 Å². The summed E-state index contributed by atoms with van der Waals surface area (Å²) in [5.74, 6) is 0.973. The maximum Gasteiger partial charge on any atom is 0.191 e. The Balaban J connectivity index is 0.00000288. The van der Waals surface area contributed by atoms with Crippen molar-refractivity contribution in [1.82, 2.24) is 15.5 Å². The van der Waals surface area contributed by atoms with Gasteiger partial charge in [-0.3, -0.25) is 4.99 Å². The summed E-state index contributed by atoms with van der Waals surface area (Å²) >= 11 is 0. The van der Waals surface area contributed by atoms with Crippen molar-refractivity contribution in [2.75, 3.05) is 39.3 Å². The van der Waals surface area contributed by atoms with E-state index in [1.807, 2.05) is 0 Å². The van der Waals surface area contributed by atoms with Gasteiger partial charge in [-0.05, 0) is 57.4 Å². The number of nitrogens with zero attached hydrogens (tertiary/aromatic N) is 2. The van der Waals surface area contributed by atoms with Crippen molar-refractivity contribution in [2.24, 2.45) is 10.4 Å². The van der Waals surface area contributed by atoms with E-state index in [1.165, 1.54) is 25.7 Å². The molecule has 2 aliphatic rings. The van der Waals surface area contributed by atoms with Crippen LogP contribution >= 0.6 is 24.0 Å². The lowest BCUT2D eigenvalue weighted by Gasteiger charge is -2.40. The number of hydrogen-bond donors (Lipinski definition) is 3. The Hall–Kier alpha value is -0.0800. The zero-order valence-electron chi connectivity index (χ0n) is 15.5. The van der Waals surface area contributed by atoms with Crippen LogP contribution in [0.15, 0.2) is 4.99 Å². The molecule has 0 unspecified atom stereocenters. The summed E-state index contributed by atoms with van der Waals surface area (Å²) in [6, 6.07) is 0. The van der Waals surface area contributed by atoms with Gasteiger partial charge in [0.05, 0.1) is 6.10 Å². The van der Waals surface area contributed by atoms with E-state index in [4.69, 9.17) is 4.99 Å². The average molecular weight is 452 g/mol. The Morgan fingerprint density at radius 1 is 1.21 bits per heavy atom. The van der Waals surface area contributed by atoms with Crippen molar-refractivity contribution in [2.45, 2.75) is 64.9 Å². The molecule has 2 rings (SSSR count). The van der Waals surface area contributed by atoms with Crippen LogP contribution in [-0.4, -0.2) is 61.3 Å². The lowest BCUT2D eigenvalue weighted by molar-refractivity contribution is 0.0822. The highest BCUT2D eigenvalue weighted by Gasteiger charge is 2.34. The summed E-state index contributed by atoms with van der Waals surface area (Å²) in [5.41, 5.74) is 0.483. The third-order valence-electron chi connectivity index (χ3n) is 5.58. The van der Waals surface area contributed by atoms with Crippen molar-refractivity contribution in [1.29, 1.82) is 0 Å². The van der Waals surface area contributed by atoms with Crippen LogP contribution < -0.4 is 10.6 Å². The first kappa shape index (κ1) is 22.0. The molecule has 1 aliphatic carbocycles. The Labute approximate surface area is 165 Å². The number of aliphatic imine (C=N–C) groups is 1. The fourth-order valence-electron chi connectivity index (χ4n) is 3.54. The molecular formula is C18H37IN4O. The van der Waals surface area contributed by atoms with E-state index in [-0.39, 0.29) is 30.1 Å². The minimum Gasteiger partial charge on any atom is -0.393 e. The molecule has 1 saturated heterocycles. The number of guanidine groups is 1. The molecular weight excluding hydrogens is 415 g/mol. The Kier molecular flexibility index (Phi) is 10.5. The van der Waals surface area contributed by atoms with Gasteiger partial charge >= 0.3 is 0 Å². The van der Waals surface area contributed by atoms with Gasteiger partial charge in [0.25, 0.3) is 0 Å². The van der Waals surface area contributed by atoms with Gasteiger partial charge in [0.15, 0.2) is 5.96 Å².